The van der Waals surface area contributed by atoms with Crippen molar-refractivity contribution in [2.45, 2.75) is 32.3 Å². The van der Waals surface area contributed by atoms with Crippen molar-refractivity contribution < 1.29 is 9.53 Å². The van der Waals surface area contributed by atoms with Gasteiger partial charge in [-0.2, -0.15) is 0 Å². The molecule has 0 spiro atoms. The highest BCUT2D eigenvalue weighted by Crippen LogP contribution is 2.17. The minimum atomic E-state index is -0.201. The average Bonchev–Trinajstić information content (AvgIpc) is 2.25. The van der Waals surface area contributed by atoms with Gasteiger partial charge in [0.1, 0.15) is 0 Å². The largest absolute Gasteiger partial charge is 0.469 e. The molecule has 1 aromatic rings. The number of ether oxygens (including phenoxy) is 1. The zero-order valence-corrected chi connectivity index (χ0v) is 10.8. The van der Waals surface area contributed by atoms with Gasteiger partial charge in [-0.1, -0.05) is 11.8 Å². The van der Waals surface area contributed by atoms with Crippen molar-refractivity contribution in [3.8, 4) is 0 Å². The number of esters is 1. The monoisotopic (exact) mass is 240 g/mol. The van der Waals surface area contributed by atoms with Gasteiger partial charge in [-0.05, 0) is 26.3 Å². The molecular weight excluding hydrogens is 224 g/mol. The first-order valence-electron chi connectivity index (χ1n) is 5.06. The Balaban J connectivity index is 2.58. The zero-order valence-electron chi connectivity index (χ0n) is 10.0. The molecule has 0 N–H and O–H groups in total. The summed E-state index contributed by atoms with van der Waals surface area (Å²) in [5.41, 5.74) is 3.11. The van der Waals surface area contributed by atoms with Crippen LogP contribution in [0.5, 0.6) is 0 Å². The minimum absolute atomic E-state index is 0.201. The summed E-state index contributed by atoms with van der Waals surface area (Å²) in [6.45, 7) is 5.94. The van der Waals surface area contributed by atoms with Crippen LogP contribution in [0.15, 0.2) is 5.16 Å². The summed E-state index contributed by atoms with van der Waals surface area (Å²) < 4.78 is 4.56. The molecule has 0 aromatic carbocycles. The van der Waals surface area contributed by atoms with Crippen LogP contribution < -0.4 is 0 Å². The Bertz CT molecular complexity index is 371. The lowest BCUT2D eigenvalue weighted by atomic mass is 10.2. The summed E-state index contributed by atoms with van der Waals surface area (Å²) in [7, 11) is 1.39. The molecular formula is C11H16N2O2S. The number of carbonyl (C=O) groups excluding carboxylic acids is 1. The van der Waals surface area contributed by atoms with E-state index in [0.29, 0.717) is 12.2 Å². The molecule has 88 valence electrons. The van der Waals surface area contributed by atoms with E-state index >= 15 is 0 Å². The SMILES string of the molecule is COC(=O)CCSc1nc(C)c(C)c(C)n1. The number of methoxy groups -OCH3 is 1. The molecule has 0 aliphatic carbocycles. The quantitative estimate of drug-likeness (QED) is 0.458. The van der Waals surface area contributed by atoms with Crippen molar-refractivity contribution in [3.63, 3.8) is 0 Å². The number of hydrogen-bond donors (Lipinski definition) is 0. The van der Waals surface area contributed by atoms with Crippen LogP contribution >= 0.6 is 11.8 Å². The number of aromatic nitrogens is 2. The normalized spacial score (nSPS) is 10.2. The number of carbonyl (C=O) groups is 1. The molecule has 4 nitrogen and oxygen atoms in total. The van der Waals surface area contributed by atoms with E-state index in [0.717, 1.165) is 22.1 Å². The molecule has 0 bridgehead atoms. The second-order valence-electron chi connectivity index (χ2n) is 3.48. The van der Waals surface area contributed by atoms with E-state index in [9.17, 15) is 4.79 Å². The van der Waals surface area contributed by atoms with Gasteiger partial charge in [-0.15, -0.1) is 0 Å². The molecule has 1 aromatic heterocycles. The first kappa shape index (κ1) is 13.0. The van der Waals surface area contributed by atoms with Gasteiger partial charge < -0.3 is 4.74 Å². The highest BCUT2D eigenvalue weighted by molar-refractivity contribution is 7.99. The number of aryl methyl sites for hydroxylation is 2. The second-order valence-corrected chi connectivity index (χ2v) is 4.54. The summed E-state index contributed by atoms with van der Waals surface area (Å²) >= 11 is 1.48. The Morgan fingerprint density at radius 2 is 1.81 bits per heavy atom. The third-order valence-electron chi connectivity index (χ3n) is 2.38. The van der Waals surface area contributed by atoms with E-state index in [2.05, 4.69) is 14.7 Å². The van der Waals surface area contributed by atoms with Crippen LogP contribution in [0.3, 0.4) is 0 Å². The van der Waals surface area contributed by atoms with E-state index in [4.69, 9.17) is 0 Å². The Morgan fingerprint density at radius 1 is 1.25 bits per heavy atom. The number of nitrogens with zero attached hydrogens (tertiary/aromatic N) is 2. The third-order valence-corrected chi connectivity index (χ3v) is 3.23. The summed E-state index contributed by atoms with van der Waals surface area (Å²) in [5.74, 6) is 0.447. The molecule has 0 amide bonds. The van der Waals surface area contributed by atoms with Crippen LogP contribution in [0.25, 0.3) is 0 Å². The van der Waals surface area contributed by atoms with E-state index in [-0.39, 0.29) is 5.97 Å². The fourth-order valence-electron chi connectivity index (χ4n) is 1.13. The fourth-order valence-corrected chi connectivity index (χ4v) is 1.99. The van der Waals surface area contributed by atoms with Gasteiger partial charge in [0.25, 0.3) is 0 Å². The molecule has 16 heavy (non-hydrogen) atoms. The summed E-state index contributed by atoms with van der Waals surface area (Å²) in [5, 5.41) is 0.726. The molecule has 0 aliphatic heterocycles. The van der Waals surface area contributed by atoms with E-state index in [1.54, 1.807) is 0 Å². The predicted molar refractivity (Wildman–Crippen MR) is 63.6 cm³/mol. The van der Waals surface area contributed by atoms with Crippen molar-refractivity contribution in [1.29, 1.82) is 0 Å². The van der Waals surface area contributed by atoms with E-state index in [1.807, 2.05) is 20.8 Å². The maximum Gasteiger partial charge on any atom is 0.306 e. The molecule has 1 rings (SSSR count). The Kier molecular flexibility index (Phi) is 4.73. The molecule has 0 saturated heterocycles. The van der Waals surface area contributed by atoms with E-state index in [1.165, 1.54) is 18.9 Å². The highest BCUT2D eigenvalue weighted by Gasteiger charge is 2.06. The maximum absolute atomic E-state index is 10.9. The lowest BCUT2D eigenvalue weighted by molar-refractivity contribution is -0.140. The molecule has 0 unspecified atom stereocenters. The van der Waals surface area contributed by atoms with Gasteiger partial charge in [0.15, 0.2) is 5.16 Å². The molecule has 1 heterocycles. The van der Waals surface area contributed by atoms with Crippen LogP contribution in [0.4, 0.5) is 0 Å². The Morgan fingerprint density at radius 3 is 2.31 bits per heavy atom. The van der Waals surface area contributed by atoms with Crippen molar-refractivity contribution in [2.24, 2.45) is 0 Å². The van der Waals surface area contributed by atoms with Crippen molar-refractivity contribution in [1.82, 2.24) is 9.97 Å². The van der Waals surface area contributed by atoms with Gasteiger partial charge >= 0.3 is 5.97 Å². The molecule has 0 radical (unpaired) electrons. The lowest BCUT2D eigenvalue weighted by Crippen LogP contribution is -2.03. The predicted octanol–water partition coefficient (Wildman–Crippen LogP) is 2.06. The Hall–Kier alpha value is -1.10. The first-order valence-corrected chi connectivity index (χ1v) is 6.04. The molecule has 0 fully saturated rings. The standard InChI is InChI=1S/C11H16N2O2S/c1-7-8(2)12-11(13-9(7)3)16-6-5-10(14)15-4/h5-6H2,1-4H3. The molecule has 0 aliphatic rings. The van der Waals surface area contributed by atoms with Crippen LogP contribution in [-0.2, 0) is 9.53 Å². The summed E-state index contributed by atoms with van der Waals surface area (Å²) in [4.78, 5) is 19.6. The van der Waals surface area contributed by atoms with Crippen LogP contribution in [-0.4, -0.2) is 28.8 Å². The topological polar surface area (TPSA) is 52.1 Å². The summed E-state index contributed by atoms with van der Waals surface area (Å²) in [6, 6.07) is 0. The molecule has 0 saturated carbocycles. The van der Waals surface area contributed by atoms with E-state index < -0.39 is 0 Å². The number of rotatable bonds is 4. The zero-order chi connectivity index (χ0) is 12.1. The van der Waals surface area contributed by atoms with Gasteiger partial charge in [0, 0.05) is 17.1 Å². The number of hydrogen-bond acceptors (Lipinski definition) is 5. The molecule has 0 atom stereocenters. The minimum Gasteiger partial charge on any atom is -0.469 e. The van der Waals surface area contributed by atoms with Gasteiger partial charge in [-0.3, -0.25) is 4.79 Å². The lowest BCUT2D eigenvalue weighted by Gasteiger charge is -2.06. The first-order chi connectivity index (χ1) is 7.54. The third kappa shape index (κ3) is 3.48. The van der Waals surface area contributed by atoms with Crippen LogP contribution in [0.2, 0.25) is 0 Å². The second kappa shape index (κ2) is 5.84. The average molecular weight is 240 g/mol. The Labute approximate surface area is 99.8 Å². The summed E-state index contributed by atoms with van der Waals surface area (Å²) in [6.07, 6.45) is 0.385. The van der Waals surface area contributed by atoms with Crippen LogP contribution in [0.1, 0.15) is 23.4 Å². The highest BCUT2D eigenvalue weighted by atomic mass is 32.2. The smallest absolute Gasteiger partial charge is 0.306 e. The van der Waals surface area contributed by atoms with Crippen molar-refractivity contribution >= 4 is 17.7 Å². The van der Waals surface area contributed by atoms with Crippen molar-refractivity contribution in [3.05, 3.63) is 17.0 Å². The fraction of sp³-hybridized carbons (Fsp3) is 0.545. The van der Waals surface area contributed by atoms with Crippen molar-refractivity contribution in [2.75, 3.05) is 12.9 Å². The molecule has 5 heteroatoms. The van der Waals surface area contributed by atoms with Crippen LogP contribution in [0, 0.1) is 20.8 Å². The maximum atomic E-state index is 10.9. The van der Waals surface area contributed by atoms with Gasteiger partial charge in [-0.25, -0.2) is 9.97 Å². The number of thioether (sulfide) groups is 1. The van der Waals surface area contributed by atoms with Gasteiger partial charge in [0.2, 0.25) is 0 Å². The van der Waals surface area contributed by atoms with Gasteiger partial charge in [0.05, 0.1) is 13.5 Å².